The number of hydrogen-bond donors (Lipinski definition) is 1. The van der Waals surface area contributed by atoms with E-state index in [1.807, 2.05) is 84.6 Å². The van der Waals surface area contributed by atoms with Gasteiger partial charge in [0, 0.05) is 23.4 Å². The average Bonchev–Trinajstić information content (AvgIpc) is 2.98. The standard InChI is InChI=1S/C27H25N3O2/c1-2-32-22-15-13-19(14-16-22)24-23-25(29-18-17-28-24)27(31)30(21-11-7-4-8-12-21)26(23)20-9-5-3-6-10-20/h3-16,26,29H,2,17-18H2,1H3. The summed E-state index contributed by atoms with van der Waals surface area (Å²) in [7, 11) is 0. The van der Waals surface area contributed by atoms with E-state index in [0.29, 0.717) is 25.4 Å². The lowest BCUT2D eigenvalue weighted by Gasteiger charge is -2.28. The van der Waals surface area contributed by atoms with Gasteiger partial charge in [-0.25, -0.2) is 0 Å². The molecule has 2 heterocycles. The number of anilines is 1. The van der Waals surface area contributed by atoms with Gasteiger partial charge in [-0.3, -0.25) is 14.7 Å². The highest BCUT2D eigenvalue weighted by atomic mass is 16.5. The molecular formula is C27H25N3O2. The van der Waals surface area contributed by atoms with Crippen LogP contribution in [0.5, 0.6) is 5.75 Å². The van der Waals surface area contributed by atoms with Gasteiger partial charge in [0.15, 0.2) is 0 Å². The van der Waals surface area contributed by atoms with Gasteiger partial charge in [0.05, 0.1) is 24.9 Å². The third kappa shape index (κ3) is 3.56. The molecule has 0 aliphatic carbocycles. The first kappa shape index (κ1) is 20.1. The minimum absolute atomic E-state index is 0.0272. The molecule has 0 bridgehead atoms. The van der Waals surface area contributed by atoms with Crippen LogP contribution in [0.4, 0.5) is 5.69 Å². The summed E-state index contributed by atoms with van der Waals surface area (Å²) in [5.74, 6) is 0.798. The molecule has 0 fully saturated rings. The van der Waals surface area contributed by atoms with E-state index < -0.39 is 0 Å². The Kier molecular flexibility index (Phi) is 5.46. The molecular weight excluding hydrogens is 398 g/mol. The molecule has 3 aromatic rings. The number of aliphatic imine (C=N–C) groups is 1. The number of nitrogens with one attached hydrogen (secondary N) is 1. The van der Waals surface area contributed by atoms with Crippen LogP contribution in [-0.4, -0.2) is 31.3 Å². The molecule has 0 aromatic heterocycles. The number of hydrogen-bond acceptors (Lipinski definition) is 4. The lowest BCUT2D eigenvalue weighted by Crippen LogP contribution is -2.33. The topological polar surface area (TPSA) is 53.9 Å². The van der Waals surface area contributed by atoms with Gasteiger partial charge in [-0.05, 0) is 48.9 Å². The summed E-state index contributed by atoms with van der Waals surface area (Å²) >= 11 is 0. The van der Waals surface area contributed by atoms with E-state index in [9.17, 15) is 4.79 Å². The molecule has 1 N–H and O–H groups in total. The summed E-state index contributed by atoms with van der Waals surface area (Å²) in [4.78, 5) is 20.5. The second kappa shape index (κ2) is 8.71. The monoisotopic (exact) mass is 423 g/mol. The normalized spacial score (nSPS) is 18.0. The van der Waals surface area contributed by atoms with Crippen LogP contribution in [0, 0.1) is 0 Å². The van der Waals surface area contributed by atoms with Gasteiger partial charge < -0.3 is 10.1 Å². The van der Waals surface area contributed by atoms with Crippen LogP contribution < -0.4 is 15.0 Å². The minimum Gasteiger partial charge on any atom is -0.494 e. The van der Waals surface area contributed by atoms with Crippen LogP contribution in [0.3, 0.4) is 0 Å². The van der Waals surface area contributed by atoms with Crippen molar-refractivity contribution in [2.24, 2.45) is 4.99 Å². The van der Waals surface area contributed by atoms with Gasteiger partial charge in [-0.1, -0.05) is 48.5 Å². The Hall–Kier alpha value is -3.86. The number of amides is 1. The van der Waals surface area contributed by atoms with E-state index in [2.05, 4.69) is 17.4 Å². The fourth-order valence-corrected chi connectivity index (χ4v) is 4.40. The molecule has 5 rings (SSSR count). The highest BCUT2D eigenvalue weighted by molar-refractivity contribution is 6.23. The van der Waals surface area contributed by atoms with Crippen molar-refractivity contribution in [2.75, 3.05) is 24.6 Å². The smallest absolute Gasteiger partial charge is 0.275 e. The molecule has 2 aliphatic heterocycles. The van der Waals surface area contributed by atoms with Gasteiger partial charge in [0.1, 0.15) is 11.4 Å². The van der Waals surface area contributed by atoms with Gasteiger partial charge in [0.2, 0.25) is 0 Å². The third-order valence-corrected chi connectivity index (χ3v) is 5.76. The predicted molar refractivity (Wildman–Crippen MR) is 127 cm³/mol. The van der Waals surface area contributed by atoms with Gasteiger partial charge in [-0.15, -0.1) is 0 Å². The summed E-state index contributed by atoms with van der Waals surface area (Å²) in [6.45, 7) is 3.82. The Morgan fingerprint density at radius 3 is 2.34 bits per heavy atom. The van der Waals surface area contributed by atoms with Crippen molar-refractivity contribution >= 4 is 17.3 Å². The molecule has 160 valence electrons. The van der Waals surface area contributed by atoms with E-state index in [4.69, 9.17) is 9.73 Å². The van der Waals surface area contributed by atoms with Crippen LogP contribution >= 0.6 is 0 Å². The molecule has 1 amide bonds. The summed E-state index contributed by atoms with van der Waals surface area (Å²) in [5.41, 5.74) is 5.31. The Balaban J connectivity index is 1.66. The molecule has 3 aromatic carbocycles. The number of rotatable bonds is 5. The van der Waals surface area contributed by atoms with Gasteiger partial charge >= 0.3 is 0 Å². The molecule has 1 atom stereocenters. The van der Waals surface area contributed by atoms with Gasteiger partial charge in [0.25, 0.3) is 5.91 Å². The minimum atomic E-state index is -0.267. The van der Waals surface area contributed by atoms with Crippen molar-refractivity contribution in [1.29, 1.82) is 0 Å². The predicted octanol–water partition coefficient (Wildman–Crippen LogP) is 4.52. The molecule has 1 unspecified atom stereocenters. The number of nitrogens with zero attached hydrogens (tertiary/aromatic N) is 2. The molecule has 5 nitrogen and oxygen atoms in total. The summed E-state index contributed by atoms with van der Waals surface area (Å²) in [6, 6.07) is 27.7. The van der Waals surface area contributed by atoms with Crippen LogP contribution in [0.1, 0.15) is 24.1 Å². The number of carbonyl (C=O) groups excluding carboxylic acids is 1. The molecule has 0 saturated heterocycles. The lowest BCUT2D eigenvalue weighted by atomic mass is 9.91. The first-order valence-electron chi connectivity index (χ1n) is 11.0. The van der Waals surface area contributed by atoms with Crippen molar-refractivity contribution in [3.8, 4) is 5.75 Å². The molecule has 0 spiro atoms. The number of benzene rings is 3. The van der Waals surface area contributed by atoms with Gasteiger partial charge in [-0.2, -0.15) is 0 Å². The largest absolute Gasteiger partial charge is 0.494 e. The maximum absolute atomic E-state index is 13.7. The summed E-state index contributed by atoms with van der Waals surface area (Å²) in [6.07, 6.45) is 0. The van der Waals surface area contributed by atoms with Crippen molar-refractivity contribution in [3.05, 3.63) is 107 Å². The van der Waals surface area contributed by atoms with Crippen LogP contribution in [0.15, 0.2) is 101 Å². The zero-order chi connectivity index (χ0) is 21.9. The number of carbonyl (C=O) groups is 1. The van der Waals surface area contributed by atoms with E-state index in [1.165, 1.54) is 0 Å². The van der Waals surface area contributed by atoms with E-state index in [1.54, 1.807) is 0 Å². The second-order valence-electron chi connectivity index (χ2n) is 7.73. The van der Waals surface area contributed by atoms with Crippen molar-refractivity contribution in [3.63, 3.8) is 0 Å². The second-order valence-corrected chi connectivity index (χ2v) is 7.73. The van der Waals surface area contributed by atoms with Crippen molar-refractivity contribution < 1.29 is 9.53 Å². The summed E-state index contributed by atoms with van der Waals surface area (Å²) < 4.78 is 5.62. The van der Waals surface area contributed by atoms with Crippen LogP contribution in [-0.2, 0) is 4.79 Å². The third-order valence-electron chi connectivity index (χ3n) is 5.76. The Morgan fingerprint density at radius 1 is 0.969 bits per heavy atom. The SMILES string of the molecule is CCOc1ccc(C2=NCCNC3=C2C(c2ccccc2)N(c2ccccc2)C3=O)cc1. The highest BCUT2D eigenvalue weighted by Crippen LogP contribution is 2.42. The molecule has 2 aliphatic rings. The van der Waals surface area contributed by atoms with Crippen LogP contribution in [0.2, 0.25) is 0 Å². The summed E-state index contributed by atoms with van der Waals surface area (Å²) in [5, 5.41) is 3.37. The quantitative estimate of drug-likeness (QED) is 0.657. The van der Waals surface area contributed by atoms with E-state index in [-0.39, 0.29) is 11.9 Å². The molecule has 5 heteroatoms. The first-order valence-corrected chi connectivity index (χ1v) is 11.0. The fraction of sp³-hybridized carbons (Fsp3) is 0.185. The fourth-order valence-electron chi connectivity index (χ4n) is 4.40. The Bertz CT molecular complexity index is 1170. The van der Waals surface area contributed by atoms with Crippen molar-refractivity contribution in [2.45, 2.75) is 13.0 Å². The van der Waals surface area contributed by atoms with E-state index in [0.717, 1.165) is 33.8 Å². The first-order chi connectivity index (χ1) is 15.8. The maximum atomic E-state index is 13.7. The molecule has 32 heavy (non-hydrogen) atoms. The zero-order valence-electron chi connectivity index (χ0n) is 18.0. The lowest BCUT2D eigenvalue weighted by molar-refractivity contribution is -0.115. The number of ether oxygens (including phenoxy) is 1. The Labute approximate surface area is 188 Å². The number of para-hydroxylation sites is 1. The highest BCUT2D eigenvalue weighted by Gasteiger charge is 2.43. The molecule has 0 radical (unpaired) electrons. The zero-order valence-corrected chi connectivity index (χ0v) is 18.0. The van der Waals surface area contributed by atoms with Crippen LogP contribution in [0.25, 0.3) is 0 Å². The Morgan fingerprint density at radius 2 is 1.66 bits per heavy atom. The molecule has 0 saturated carbocycles. The maximum Gasteiger partial charge on any atom is 0.275 e. The van der Waals surface area contributed by atoms with E-state index >= 15 is 0 Å². The average molecular weight is 424 g/mol. The van der Waals surface area contributed by atoms with Crippen molar-refractivity contribution in [1.82, 2.24) is 5.32 Å².